The summed E-state index contributed by atoms with van der Waals surface area (Å²) in [6.45, 7) is 2.02. The molecule has 0 aliphatic heterocycles. The van der Waals surface area contributed by atoms with Gasteiger partial charge in [0, 0.05) is 11.4 Å². The number of benzene rings is 2. The molecular formula is C16H13Cl2N5. The number of hydrogen-bond donors (Lipinski definition) is 2. The number of anilines is 4. The van der Waals surface area contributed by atoms with E-state index in [0.717, 1.165) is 16.9 Å². The van der Waals surface area contributed by atoms with Crippen molar-refractivity contribution in [3.63, 3.8) is 0 Å². The van der Waals surface area contributed by atoms with Gasteiger partial charge in [-0.2, -0.15) is 10.1 Å². The van der Waals surface area contributed by atoms with E-state index >= 15 is 0 Å². The lowest BCUT2D eigenvalue weighted by Gasteiger charge is -2.09. The first kappa shape index (κ1) is 15.5. The van der Waals surface area contributed by atoms with Crippen LogP contribution in [0.4, 0.5) is 23.1 Å². The predicted molar refractivity (Wildman–Crippen MR) is 94.0 cm³/mol. The second-order valence-electron chi connectivity index (χ2n) is 4.86. The van der Waals surface area contributed by atoms with Crippen molar-refractivity contribution in [1.29, 1.82) is 0 Å². The average Bonchev–Trinajstić information content (AvgIpc) is 2.54. The number of hydrogen-bond acceptors (Lipinski definition) is 5. The Kier molecular flexibility index (Phi) is 4.60. The lowest BCUT2D eigenvalue weighted by atomic mass is 10.2. The van der Waals surface area contributed by atoms with E-state index in [1.165, 1.54) is 0 Å². The molecule has 2 aromatic carbocycles. The minimum absolute atomic E-state index is 0.363. The van der Waals surface area contributed by atoms with E-state index in [-0.39, 0.29) is 0 Å². The van der Waals surface area contributed by atoms with Gasteiger partial charge < -0.3 is 10.6 Å². The van der Waals surface area contributed by atoms with E-state index in [4.69, 9.17) is 23.2 Å². The van der Waals surface area contributed by atoms with Gasteiger partial charge in [0.15, 0.2) is 5.82 Å². The van der Waals surface area contributed by atoms with Crippen LogP contribution < -0.4 is 10.6 Å². The molecule has 0 amide bonds. The van der Waals surface area contributed by atoms with Gasteiger partial charge in [-0.25, -0.2) is 0 Å². The molecule has 0 aliphatic carbocycles. The van der Waals surface area contributed by atoms with Crippen molar-refractivity contribution in [3.8, 4) is 0 Å². The zero-order chi connectivity index (χ0) is 16.2. The Morgan fingerprint density at radius 1 is 0.957 bits per heavy atom. The number of nitrogens with zero attached hydrogens (tertiary/aromatic N) is 3. The van der Waals surface area contributed by atoms with Gasteiger partial charge in [-0.3, -0.25) is 0 Å². The zero-order valence-electron chi connectivity index (χ0n) is 12.2. The lowest BCUT2D eigenvalue weighted by molar-refractivity contribution is 0.982. The summed E-state index contributed by atoms with van der Waals surface area (Å²) in [7, 11) is 0. The van der Waals surface area contributed by atoms with Crippen molar-refractivity contribution in [2.24, 2.45) is 0 Å². The number of para-hydroxylation sites is 1. The second-order valence-corrected chi connectivity index (χ2v) is 5.67. The second kappa shape index (κ2) is 6.81. The van der Waals surface area contributed by atoms with Gasteiger partial charge in [-0.1, -0.05) is 41.4 Å². The predicted octanol–water partition coefficient (Wildman–Crippen LogP) is 4.97. The minimum Gasteiger partial charge on any atom is -0.339 e. The van der Waals surface area contributed by atoms with Crippen molar-refractivity contribution < 1.29 is 0 Å². The molecule has 2 N–H and O–H groups in total. The fourth-order valence-corrected chi connectivity index (χ4v) is 2.27. The first-order chi connectivity index (χ1) is 11.1. The molecule has 0 bridgehead atoms. The van der Waals surface area contributed by atoms with Gasteiger partial charge in [0.1, 0.15) is 0 Å². The number of nitrogens with one attached hydrogen (secondary N) is 2. The molecule has 1 heterocycles. The van der Waals surface area contributed by atoms with Crippen molar-refractivity contribution in [2.45, 2.75) is 6.92 Å². The van der Waals surface area contributed by atoms with Gasteiger partial charge in [-0.15, -0.1) is 5.10 Å². The largest absolute Gasteiger partial charge is 0.339 e. The van der Waals surface area contributed by atoms with E-state index in [2.05, 4.69) is 25.8 Å². The highest BCUT2D eigenvalue weighted by molar-refractivity contribution is 6.42. The molecule has 7 heteroatoms. The molecule has 0 atom stereocenters. The topological polar surface area (TPSA) is 62.7 Å². The Hall–Kier alpha value is -2.37. The molecule has 0 saturated heterocycles. The smallest absolute Gasteiger partial charge is 0.249 e. The van der Waals surface area contributed by atoms with E-state index < -0.39 is 0 Å². The van der Waals surface area contributed by atoms with Crippen molar-refractivity contribution in [3.05, 3.63) is 64.3 Å². The van der Waals surface area contributed by atoms with Crippen LogP contribution in [0.5, 0.6) is 0 Å². The molecule has 3 aromatic rings. The molecule has 0 radical (unpaired) electrons. The fraction of sp³-hybridized carbons (Fsp3) is 0.0625. The summed E-state index contributed by atoms with van der Waals surface area (Å²) in [5.41, 5.74) is 2.81. The maximum absolute atomic E-state index is 6.00. The molecule has 5 nitrogen and oxygen atoms in total. The van der Waals surface area contributed by atoms with E-state index in [1.807, 2.05) is 31.2 Å². The normalized spacial score (nSPS) is 10.4. The first-order valence-electron chi connectivity index (χ1n) is 6.86. The summed E-state index contributed by atoms with van der Waals surface area (Å²) in [4.78, 5) is 4.38. The Balaban J connectivity index is 1.79. The molecule has 0 aliphatic rings. The molecule has 1 aromatic heterocycles. The molecule has 0 unspecified atom stereocenters. The van der Waals surface area contributed by atoms with Crippen LogP contribution in [0.2, 0.25) is 10.0 Å². The Morgan fingerprint density at radius 3 is 2.57 bits per heavy atom. The van der Waals surface area contributed by atoms with E-state index in [0.29, 0.717) is 21.8 Å². The summed E-state index contributed by atoms with van der Waals surface area (Å²) < 4.78 is 0. The Bertz CT molecular complexity index is 838. The summed E-state index contributed by atoms with van der Waals surface area (Å²) in [5.74, 6) is 0.957. The highest BCUT2D eigenvalue weighted by Gasteiger charge is 2.05. The monoisotopic (exact) mass is 345 g/mol. The van der Waals surface area contributed by atoms with Crippen molar-refractivity contribution in [2.75, 3.05) is 10.6 Å². The van der Waals surface area contributed by atoms with Crippen LogP contribution in [-0.4, -0.2) is 15.2 Å². The SMILES string of the molecule is Cc1ccccc1Nc1cnnc(Nc2ccc(Cl)c(Cl)c2)n1. The van der Waals surface area contributed by atoms with Crippen LogP contribution in [0.15, 0.2) is 48.7 Å². The number of aryl methyl sites for hydroxylation is 1. The average molecular weight is 346 g/mol. The van der Waals surface area contributed by atoms with Crippen LogP contribution in [0.25, 0.3) is 0 Å². The molecular weight excluding hydrogens is 333 g/mol. The maximum atomic E-state index is 6.00. The third-order valence-corrected chi connectivity index (χ3v) is 3.88. The van der Waals surface area contributed by atoms with Gasteiger partial charge in [-0.05, 0) is 36.8 Å². The van der Waals surface area contributed by atoms with Crippen LogP contribution in [0.3, 0.4) is 0 Å². The highest BCUT2D eigenvalue weighted by Crippen LogP contribution is 2.26. The third kappa shape index (κ3) is 3.88. The van der Waals surface area contributed by atoms with Crippen LogP contribution in [0, 0.1) is 6.92 Å². The maximum Gasteiger partial charge on any atom is 0.249 e. The van der Waals surface area contributed by atoms with Gasteiger partial charge in [0.25, 0.3) is 0 Å². The molecule has 116 valence electrons. The highest BCUT2D eigenvalue weighted by atomic mass is 35.5. The van der Waals surface area contributed by atoms with Crippen LogP contribution >= 0.6 is 23.2 Å². The van der Waals surface area contributed by atoms with E-state index in [1.54, 1.807) is 24.4 Å². The standard InChI is InChI=1S/C16H13Cl2N5/c1-10-4-2-3-5-14(10)21-15-9-19-23-16(22-15)20-11-6-7-12(17)13(18)8-11/h2-9H,1H3,(H2,20,21,22,23). The summed E-state index contributed by atoms with van der Waals surface area (Å²) in [6.07, 6.45) is 1.56. The van der Waals surface area contributed by atoms with Gasteiger partial charge >= 0.3 is 0 Å². The minimum atomic E-state index is 0.363. The first-order valence-corrected chi connectivity index (χ1v) is 7.62. The Morgan fingerprint density at radius 2 is 1.78 bits per heavy atom. The summed E-state index contributed by atoms with van der Waals surface area (Å²) in [6, 6.07) is 13.1. The number of rotatable bonds is 4. The van der Waals surface area contributed by atoms with Crippen molar-refractivity contribution in [1.82, 2.24) is 15.2 Å². The van der Waals surface area contributed by atoms with E-state index in [9.17, 15) is 0 Å². The molecule has 3 rings (SSSR count). The molecule has 0 spiro atoms. The van der Waals surface area contributed by atoms with Gasteiger partial charge in [0.05, 0.1) is 16.2 Å². The molecule has 0 fully saturated rings. The van der Waals surface area contributed by atoms with Crippen molar-refractivity contribution >= 4 is 46.3 Å². The third-order valence-electron chi connectivity index (χ3n) is 3.14. The molecule has 0 saturated carbocycles. The Labute approximate surface area is 143 Å². The summed E-state index contributed by atoms with van der Waals surface area (Å²) in [5, 5.41) is 15.1. The number of halogens is 2. The zero-order valence-corrected chi connectivity index (χ0v) is 13.7. The quantitative estimate of drug-likeness (QED) is 0.698. The van der Waals surface area contributed by atoms with Gasteiger partial charge in [0.2, 0.25) is 5.95 Å². The number of aromatic nitrogens is 3. The summed E-state index contributed by atoms with van der Waals surface area (Å²) >= 11 is 11.9. The lowest BCUT2D eigenvalue weighted by Crippen LogP contribution is -2.03. The fourth-order valence-electron chi connectivity index (χ4n) is 1.97. The van der Waals surface area contributed by atoms with Crippen LogP contribution in [0.1, 0.15) is 5.56 Å². The van der Waals surface area contributed by atoms with Crippen LogP contribution in [-0.2, 0) is 0 Å². The molecule has 23 heavy (non-hydrogen) atoms.